The topological polar surface area (TPSA) is 135 Å². The van der Waals surface area contributed by atoms with Crippen molar-refractivity contribution in [3.05, 3.63) is 83.2 Å². The highest BCUT2D eigenvalue weighted by Crippen LogP contribution is 2.25. The molecule has 1 amide bonds. The largest absolute Gasteiger partial charge is 0.480 e. The van der Waals surface area contributed by atoms with Crippen LogP contribution in [-0.2, 0) is 11.2 Å². The molecule has 2 aromatic carbocycles. The highest BCUT2D eigenvalue weighted by molar-refractivity contribution is 6.01. The summed E-state index contributed by atoms with van der Waals surface area (Å²) in [6.07, 6.45) is 0.438. The third-order valence-electron chi connectivity index (χ3n) is 4.84. The number of halogens is 1. The van der Waals surface area contributed by atoms with Gasteiger partial charge in [0.1, 0.15) is 11.6 Å². The Bertz CT molecular complexity index is 1210. The molecule has 9 heteroatoms. The molecule has 1 atom stereocenters. The zero-order chi connectivity index (χ0) is 23.8. The number of hydrogen-bond acceptors (Lipinski definition) is 6. The predicted octanol–water partition coefficient (Wildman–Crippen LogP) is 2.59. The summed E-state index contributed by atoms with van der Waals surface area (Å²) in [6.45, 7) is -0.465. The molecule has 0 spiro atoms. The van der Waals surface area contributed by atoms with E-state index in [-0.39, 0.29) is 17.2 Å². The van der Waals surface area contributed by atoms with Gasteiger partial charge in [0.2, 0.25) is 0 Å². The standard InChI is InChI=1S/C24H21FN4O4/c25-17-6-3-4-15(12-17)10-11-27-22-19(23(31)29-21(14-30)24(32)33)8-9-20(28-22)18-7-2-1-5-16(18)13-26/h1-9,12,21,30H,10-11,14H2,(H,27,28)(H,29,31)(H,32,33)/t21-/m0/s1. The first-order valence-electron chi connectivity index (χ1n) is 10.1. The van der Waals surface area contributed by atoms with Gasteiger partial charge in [0.15, 0.2) is 6.04 Å². The lowest BCUT2D eigenvalue weighted by atomic mass is 10.0. The molecule has 168 valence electrons. The molecule has 3 rings (SSSR count). The maximum atomic E-state index is 13.4. The van der Waals surface area contributed by atoms with Crippen LogP contribution in [-0.4, -0.2) is 46.3 Å². The smallest absolute Gasteiger partial charge is 0.328 e. The first-order chi connectivity index (χ1) is 15.9. The summed E-state index contributed by atoms with van der Waals surface area (Å²) in [4.78, 5) is 28.4. The lowest BCUT2D eigenvalue weighted by Gasteiger charge is -2.16. The van der Waals surface area contributed by atoms with Crippen molar-refractivity contribution in [2.45, 2.75) is 12.5 Å². The van der Waals surface area contributed by atoms with Gasteiger partial charge in [0.25, 0.3) is 5.91 Å². The number of hydrogen-bond donors (Lipinski definition) is 4. The number of benzene rings is 2. The van der Waals surface area contributed by atoms with Crippen LogP contribution in [0, 0.1) is 17.1 Å². The number of amides is 1. The van der Waals surface area contributed by atoms with E-state index in [1.165, 1.54) is 18.2 Å². The Labute approximate surface area is 189 Å². The van der Waals surface area contributed by atoms with Crippen LogP contribution < -0.4 is 10.6 Å². The van der Waals surface area contributed by atoms with E-state index in [0.29, 0.717) is 29.8 Å². The van der Waals surface area contributed by atoms with Gasteiger partial charge in [-0.15, -0.1) is 0 Å². The number of nitrogens with one attached hydrogen (secondary N) is 2. The van der Waals surface area contributed by atoms with Crippen LogP contribution in [0.3, 0.4) is 0 Å². The van der Waals surface area contributed by atoms with Crippen LogP contribution in [0.5, 0.6) is 0 Å². The third-order valence-corrected chi connectivity index (χ3v) is 4.84. The number of anilines is 1. The van der Waals surface area contributed by atoms with E-state index in [0.717, 1.165) is 5.56 Å². The number of rotatable bonds is 9. The molecule has 33 heavy (non-hydrogen) atoms. The Morgan fingerprint density at radius 2 is 1.91 bits per heavy atom. The van der Waals surface area contributed by atoms with Crippen LogP contribution in [0.4, 0.5) is 10.2 Å². The van der Waals surface area contributed by atoms with Gasteiger partial charge in [0, 0.05) is 12.1 Å². The predicted molar refractivity (Wildman–Crippen MR) is 119 cm³/mol. The van der Waals surface area contributed by atoms with E-state index in [2.05, 4.69) is 21.7 Å². The summed E-state index contributed by atoms with van der Waals surface area (Å²) in [5.41, 5.74) is 2.21. The molecule has 0 fully saturated rings. The second kappa shape index (κ2) is 10.8. The van der Waals surface area contributed by atoms with E-state index in [1.807, 2.05) is 0 Å². The third kappa shape index (κ3) is 5.90. The van der Waals surface area contributed by atoms with Crippen LogP contribution in [0.25, 0.3) is 11.3 Å². The number of carboxylic acids is 1. The van der Waals surface area contributed by atoms with Gasteiger partial charge in [-0.3, -0.25) is 4.79 Å². The minimum absolute atomic E-state index is 0.0622. The fourth-order valence-electron chi connectivity index (χ4n) is 3.17. The summed E-state index contributed by atoms with van der Waals surface area (Å²) in [7, 11) is 0. The van der Waals surface area contributed by atoms with Crippen molar-refractivity contribution >= 4 is 17.7 Å². The van der Waals surface area contributed by atoms with Gasteiger partial charge < -0.3 is 20.8 Å². The second-order valence-electron chi connectivity index (χ2n) is 7.10. The summed E-state index contributed by atoms with van der Waals surface area (Å²) in [5, 5.41) is 33.0. The molecule has 0 aliphatic heterocycles. The van der Waals surface area contributed by atoms with E-state index in [1.54, 1.807) is 42.5 Å². The molecule has 0 radical (unpaired) electrons. The maximum Gasteiger partial charge on any atom is 0.328 e. The molecule has 1 aromatic heterocycles. The van der Waals surface area contributed by atoms with E-state index in [9.17, 15) is 24.3 Å². The van der Waals surface area contributed by atoms with Crippen molar-refractivity contribution in [2.75, 3.05) is 18.5 Å². The number of aromatic nitrogens is 1. The van der Waals surface area contributed by atoms with Crippen molar-refractivity contribution in [3.63, 3.8) is 0 Å². The zero-order valence-corrected chi connectivity index (χ0v) is 17.5. The molecule has 0 saturated heterocycles. The van der Waals surface area contributed by atoms with Crippen LogP contribution in [0.15, 0.2) is 60.7 Å². The highest BCUT2D eigenvalue weighted by Gasteiger charge is 2.22. The second-order valence-corrected chi connectivity index (χ2v) is 7.10. The first-order valence-corrected chi connectivity index (χ1v) is 10.1. The number of nitriles is 1. The molecular formula is C24H21FN4O4. The molecule has 0 aliphatic carbocycles. The van der Waals surface area contributed by atoms with E-state index in [4.69, 9.17) is 5.11 Å². The zero-order valence-electron chi connectivity index (χ0n) is 17.5. The number of aliphatic hydroxyl groups excluding tert-OH is 1. The van der Waals surface area contributed by atoms with Gasteiger partial charge in [-0.05, 0) is 42.3 Å². The van der Waals surface area contributed by atoms with Crippen molar-refractivity contribution in [1.29, 1.82) is 5.26 Å². The lowest BCUT2D eigenvalue weighted by Crippen LogP contribution is -2.43. The maximum absolute atomic E-state index is 13.4. The number of carboxylic acid groups (broad SMARTS) is 1. The Morgan fingerprint density at radius 1 is 1.12 bits per heavy atom. The van der Waals surface area contributed by atoms with E-state index < -0.39 is 24.5 Å². The highest BCUT2D eigenvalue weighted by atomic mass is 19.1. The Kier molecular flexibility index (Phi) is 7.68. The molecule has 8 nitrogen and oxygen atoms in total. The molecular weight excluding hydrogens is 427 g/mol. The summed E-state index contributed by atoms with van der Waals surface area (Å²) < 4.78 is 13.4. The van der Waals surface area contributed by atoms with Crippen molar-refractivity contribution in [2.24, 2.45) is 0 Å². The Balaban J connectivity index is 1.91. The lowest BCUT2D eigenvalue weighted by molar-refractivity contribution is -0.140. The van der Waals surface area contributed by atoms with Gasteiger partial charge in [-0.1, -0.05) is 30.3 Å². The van der Waals surface area contributed by atoms with E-state index >= 15 is 0 Å². The number of aliphatic carboxylic acids is 1. The molecule has 4 N–H and O–H groups in total. The number of carbonyl (C=O) groups is 2. The molecule has 0 aliphatic rings. The quantitative estimate of drug-likeness (QED) is 0.395. The molecule has 0 saturated carbocycles. The Morgan fingerprint density at radius 3 is 2.61 bits per heavy atom. The molecule has 3 aromatic rings. The first kappa shape index (κ1) is 23.4. The fraction of sp³-hybridized carbons (Fsp3) is 0.167. The van der Waals surface area contributed by atoms with Crippen molar-refractivity contribution in [3.8, 4) is 17.3 Å². The van der Waals surface area contributed by atoms with Gasteiger partial charge in [-0.2, -0.15) is 5.26 Å². The number of carbonyl (C=O) groups excluding carboxylic acids is 1. The summed E-state index contributed by atoms with van der Waals surface area (Å²) in [5.74, 6) is -2.31. The van der Waals surface area contributed by atoms with Crippen molar-refractivity contribution < 1.29 is 24.2 Å². The monoisotopic (exact) mass is 448 g/mol. The average molecular weight is 448 g/mol. The molecule has 1 heterocycles. The fourth-order valence-corrected chi connectivity index (χ4v) is 3.17. The number of pyridine rings is 1. The SMILES string of the molecule is N#Cc1ccccc1-c1ccc(C(=O)N[C@@H](CO)C(=O)O)c(NCCc2cccc(F)c2)n1. The van der Waals surface area contributed by atoms with Gasteiger partial charge in [0.05, 0.1) is 29.5 Å². The number of nitrogens with zero attached hydrogens (tertiary/aromatic N) is 2. The minimum Gasteiger partial charge on any atom is -0.480 e. The average Bonchev–Trinajstić information content (AvgIpc) is 2.82. The number of aliphatic hydroxyl groups is 1. The summed E-state index contributed by atoms with van der Waals surface area (Å²) >= 11 is 0. The Hall–Kier alpha value is -4.29. The van der Waals surface area contributed by atoms with Gasteiger partial charge >= 0.3 is 5.97 Å². The van der Waals surface area contributed by atoms with Crippen LogP contribution in [0.1, 0.15) is 21.5 Å². The van der Waals surface area contributed by atoms with Crippen molar-refractivity contribution in [1.82, 2.24) is 10.3 Å². The molecule has 0 unspecified atom stereocenters. The normalized spacial score (nSPS) is 11.3. The van der Waals surface area contributed by atoms with Crippen LogP contribution >= 0.6 is 0 Å². The minimum atomic E-state index is -1.48. The van der Waals surface area contributed by atoms with Crippen LogP contribution in [0.2, 0.25) is 0 Å². The molecule has 0 bridgehead atoms. The van der Waals surface area contributed by atoms with Gasteiger partial charge in [-0.25, -0.2) is 14.2 Å². The summed E-state index contributed by atoms with van der Waals surface area (Å²) in [6, 6.07) is 16.6.